The van der Waals surface area contributed by atoms with E-state index in [4.69, 9.17) is 5.73 Å². The van der Waals surface area contributed by atoms with Crippen molar-refractivity contribution in [2.75, 3.05) is 0 Å². The second kappa shape index (κ2) is 6.04. The van der Waals surface area contributed by atoms with Crippen LogP contribution >= 0.6 is 0 Å². The third-order valence-corrected chi connectivity index (χ3v) is 3.52. The number of amides is 1. The largest absolute Gasteiger partial charge is 0.368 e. The van der Waals surface area contributed by atoms with Crippen LogP contribution in [-0.4, -0.2) is 17.5 Å². The molecule has 1 amide bonds. The van der Waals surface area contributed by atoms with Gasteiger partial charge >= 0.3 is 0 Å². The molecule has 3 nitrogen and oxygen atoms in total. The fourth-order valence-corrected chi connectivity index (χ4v) is 2.35. The molecule has 92 valence electrons. The number of nitrogens with one attached hydrogen (secondary N) is 1. The lowest BCUT2D eigenvalue weighted by molar-refractivity contribution is -0.124. The van der Waals surface area contributed by atoms with E-state index in [-0.39, 0.29) is 5.91 Å². The van der Waals surface area contributed by atoms with Crippen LogP contribution in [0.4, 0.5) is 0 Å². The van der Waals surface area contributed by atoms with Crippen LogP contribution in [0.1, 0.15) is 51.9 Å². The number of primary amides is 1. The van der Waals surface area contributed by atoms with Crippen LogP contribution in [0.2, 0.25) is 0 Å². The Balaban J connectivity index is 2.54. The van der Waals surface area contributed by atoms with E-state index >= 15 is 0 Å². The number of hydrogen-bond acceptors (Lipinski definition) is 2. The summed E-state index contributed by atoms with van der Waals surface area (Å²) in [7, 11) is 0. The Morgan fingerprint density at radius 3 is 2.62 bits per heavy atom. The molecule has 1 atom stereocenters. The summed E-state index contributed by atoms with van der Waals surface area (Å²) in [4.78, 5) is 11.5. The van der Waals surface area contributed by atoms with Crippen LogP contribution < -0.4 is 11.1 Å². The molecular formula is C13H24N2O. The van der Waals surface area contributed by atoms with Gasteiger partial charge in [0.1, 0.15) is 0 Å². The van der Waals surface area contributed by atoms with Crippen LogP contribution in [0.15, 0.2) is 12.7 Å². The van der Waals surface area contributed by atoms with Crippen LogP contribution in [-0.2, 0) is 4.79 Å². The molecular weight excluding hydrogens is 200 g/mol. The average molecular weight is 224 g/mol. The molecule has 1 rings (SSSR count). The fourth-order valence-electron chi connectivity index (χ4n) is 2.35. The lowest BCUT2D eigenvalue weighted by Gasteiger charge is -2.34. The zero-order chi connectivity index (χ0) is 12.0. The zero-order valence-electron chi connectivity index (χ0n) is 10.3. The number of rotatable bonds is 6. The molecule has 0 aromatic heterocycles. The predicted octanol–water partition coefficient (Wildman–Crippen LogP) is 2.12. The number of carbonyl (C=O) groups excluding carboxylic acids is 1. The highest BCUT2D eigenvalue weighted by Gasteiger charge is 2.32. The SMILES string of the molecule is C=CCCC(C)(NC1CCCCC1)C(N)=O. The maximum absolute atomic E-state index is 11.5. The van der Waals surface area contributed by atoms with Gasteiger partial charge in [-0.25, -0.2) is 0 Å². The van der Waals surface area contributed by atoms with Crippen molar-refractivity contribution in [1.29, 1.82) is 0 Å². The summed E-state index contributed by atoms with van der Waals surface area (Å²) in [6.07, 6.45) is 9.55. The van der Waals surface area contributed by atoms with E-state index < -0.39 is 5.54 Å². The van der Waals surface area contributed by atoms with Crippen molar-refractivity contribution >= 4 is 5.91 Å². The summed E-state index contributed by atoms with van der Waals surface area (Å²) < 4.78 is 0. The first kappa shape index (κ1) is 13.2. The summed E-state index contributed by atoms with van der Waals surface area (Å²) >= 11 is 0. The van der Waals surface area contributed by atoms with Gasteiger partial charge in [0.15, 0.2) is 0 Å². The second-order valence-corrected chi connectivity index (χ2v) is 5.00. The summed E-state index contributed by atoms with van der Waals surface area (Å²) in [5.41, 5.74) is 4.92. The molecule has 0 aromatic carbocycles. The number of hydrogen-bond donors (Lipinski definition) is 2. The smallest absolute Gasteiger partial charge is 0.237 e. The standard InChI is InChI=1S/C13H24N2O/c1-3-4-10-13(2,12(14)16)15-11-8-6-5-7-9-11/h3,11,15H,1,4-10H2,2H3,(H2,14,16). The van der Waals surface area contributed by atoms with Gasteiger partial charge in [-0.1, -0.05) is 25.3 Å². The van der Waals surface area contributed by atoms with Gasteiger partial charge < -0.3 is 11.1 Å². The van der Waals surface area contributed by atoms with E-state index in [1.807, 2.05) is 13.0 Å². The van der Waals surface area contributed by atoms with Gasteiger partial charge in [0.25, 0.3) is 0 Å². The van der Waals surface area contributed by atoms with Crippen molar-refractivity contribution in [2.45, 2.75) is 63.5 Å². The Bertz CT molecular complexity index is 246. The van der Waals surface area contributed by atoms with Gasteiger partial charge in [-0.2, -0.15) is 0 Å². The number of carbonyl (C=O) groups is 1. The Hall–Kier alpha value is -0.830. The maximum Gasteiger partial charge on any atom is 0.237 e. The highest BCUT2D eigenvalue weighted by Crippen LogP contribution is 2.22. The van der Waals surface area contributed by atoms with Crippen molar-refractivity contribution in [2.24, 2.45) is 5.73 Å². The van der Waals surface area contributed by atoms with Crippen LogP contribution in [0.25, 0.3) is 0 Å². The van der Waals surface area contributed by atoms with Gasteiger partial charge in [-0.05, 0) is 32.6 Å². The van der Waals surface area contributed by atoms with E-state index in [0.717, 1.165) is 25.7 Å². The second-order valence-electron chi connectivity index (χ2n) is 5.00. The minimum absolute atomic E-state index is 0.250. The molecule has 16 heavy (non-hydrogen) atoms. The fraction of sp³-hybridized carbons (Fsp3) is 0.769. The van der Waals surface area contributed by atoms with Gasteiger partial charge in [-0.3, -0.25) is 4.79 Å². The van der Waals surface area contributed by atoms with Crippen LogP contribution in [0, 0.1) is 0 Å². The van der Waals surface area contributed by atoms with Crippen molar-refractivity contribution in [3.63, 3.8) is 0 Å². The summed E-state index contributed by atoms with van der Waals surface area (Å²) in [6, 6.07) is 0.455. The average Bonchev–Trinajstić information content (AvgIpc) is 2.27. The van der Waals surface area contributed by atoms with Gasteiger partial charge in [-0.15, -0.1) is 6.58 Å². The molecule has 1 aliphatic carbocycles. The zero-order valence-corrected chi connectivity index (χ0v) is 10.3. The Morgan fingerprint density at radius 1 is 1.50 bits per heavy atom. The van der Waals surface area contributed by atoms with Gasteiger partial charge in [0.05, 0.1) is 5.54 Å². The highest BCUT2D eigenvalue weighted by molar-refractivity contribution is 5.84. The molecule has 0 saturated heterocycles. The van der Waals surface area contributed by atoms with Crippen molar-refractivity contribution in [1.82, 2.24) is 5.32 Å². The lowest BCUT2D eigenvalue weighted by atomic mass is 9.89. The number of allylic oxidation sites excluding steroid dienone is 1. The molecule has 1 unspecified atom stereocenters. The first-order chi connectivity index (χ1) is 7.58. The molecule has 1 aliphatic rings. The lowest BCUT2D eigenvalue weighted by Crippen LogP contribution is -2.56. The molecule has 3 heteroatoms. The topological polar surface area (TPSA) is 55.1 Å². The van der Waals surface area contributed by atoms with E-state index in [2.05, 4.69) is 11.9 Å². The molecule has 0 radical (unpaired) electrons. The molecule has 0 bridgehead atoms. The monoisotopic (exact) mass is 224 g/mol. The maximum atomic E-state index is 11.5. The van der Waals surface area contributed by atoms with Crippen molar-refractivity contribution in [3.8, 4) is 0 Å². The van der Waals surface area contributed by atoms with E-state index in [0.29, 0.717) is 6.04 Å². The van der Waals surface area contributed by atoms with Crippen LogP contribution in [0.3, 0.4) is 0 Å². The van der Waals surface area contributed by atoms with Crippen LogP contribution in [0.5, 0.6) is 0 Å². The summed E-state index contributed by atoms with van der Waals surface area (Å²) in [5, 5.41) is 3.44. The minimum atomic E-state index is -0.573. The first-order valence-corrected chi connectivity index (χ1v) is 6.27. The Labute approximate surface area is 98.5 Å². The molecule has 0 aromatic rings. The van der Waals surface area contributed by atoms with Gasteiger partial charge in [0, 0.05) is 6.04 Å². The molecule has 0 spiro atoms. The third kappa shape index (κ3) is 3.63. The first-order valence-electron chi connectivity index (χ1n) is 6.27. The van der Waals surface area contributed by atoms with Crippen molar-refractivity contribution < 1.29 is 4.79 Å². The summed E-state index contributed by atoms with van der Waals surface area (Å²) in [6.45, 7) is 5.60. The third-order valence-electron chi connectivity index (χ3n) is 3.52. The molecule has 0 heterocycles. The minimum Gasteiger partial charge on any atom is -0.368 e. The highest BCUT2D eigenvalue weighted by atomic mass is 16.1. The summed E-state index contributed by atoms with van der Waals surface area (Å²) in [5.74, 6) is -0.250. The predicted molar refractivity (Wildman–Crippen MR) is 67.0 cm³/mol. The van der Waals surface area contributed by atoms with E-state index in [9.17, 15) is 4.79 Å². The normalized spacial score (nSPS) is 21.3. The Morgan fingerprint density at radius 2 is 2.12 bits per heavy atom. The molecule has 3 N–H and O–H groups in total. The molecule has 0 aliphatic heterocycles. The number of nitrogens with two attached hydrogens (primary N) is 1. The van der Waals surface area contributed by atoms with E-state index in [1.54, 1.807) is 0 Å². The van der Waals surface area contributed by atoms with E-state index in [1.165, 1.54) is 19.3 Å². The molecule has 1 fully saturated rings. The Kier molecular flexibility index (Phi) is 5.00. The van der Waals surface area contributed by atoms with Gasteiger partial charge in [0.2, 0.25) is 5.91 Å². The molecule has 1 saturated carbocycles. The quantitative estimate of drug-likeness (QED) is 0.679. The van der Waals surface area contributed by atoms with Crippen molar-refractivity contribution in [3.05, 3.63) is 12.7 Å².